The molecule has 1 amide bonds. The summed E-state index contributed by atoms with van der Waals surface area (Å²) in [4.78, 5) is 24.7. The van der Waals surface area contributed by atoms with Crippen LogP contribution in [0.1, 0.15) is 33.4 Å². The molecule has 0 fully saturated rings. The quantitative estimate of drug-likeness (QED) is 0.220. The van der Waals surface area contributed by atoms with Crippen molar-refractivity contribution in [2.24, 2.45) is 0 Å². The summed E-state index contributed by atoms with van der Waals surface area (Å²) in [6.45, 7) is 0.276. The Kier molecular flexibility index (Phi) is 8.87. The van der Waals surface area contributed by atoms with Crippen LogP contribution in [0.15, 0.2) is 103 Å². The maximum Gasteiger partial charge on any atom is 0.416 e. The summed E-state index contributed by atoms with van der Waals surface area (Å²) in [6.07, 6.45) is -4.49. The lowest BCUT2D eigenvalue weighted by Gasteiger charge is -2.21. The standard InChI is InChI=1S/C32H24F3NO4/c33-32(34,35)28-16-12-26(13-17-28)21-36(30(37)31(38)39)20-25-10-8-23(9-11-25)6-7-24-14-18-29(19-15-24)40-22-27-4-2-1-3-5-27/h1-5,8-19H,20-22H2,(H,38,39). The van der Waals surface area contributed by atoms with Gasteiger partial charge < -0.3 is 14.7 Å². The Balaban J connectivity index is 1.38. The van der Waals surface area contributed by atoms with Crippen molar-refractivity contribution in [3.8, 4) is 17.6 Å². The Morgan fingerprint density at radius 2 is 1.20 bits per heavy atom. The first-order valence-electron chi connectivity index (χ1n) is 12.2. The number of alkyl halides is 3. The molecule has 0 aromatic heterocycles. The third-order valence-electron chi connectivity index (χ3n) is 5.91. The molecule has 202 valence electrons. The second kappa shape index (κ2) is 12.7. The van der Waals surface area contributed by atoms with Crippen molar-refractivity contribution in [3.63, 3.8) is 0 Å². The summed E-state index contributed by atoms with van der Waals surface area (Å²) < 4.78 is 44.3. The molecule has 0 atom stereocenters. The molecule has 8 heteroatoms. The summed E-state index contributed by atoms with van der Waals surface area (Å²) >= 11 is 0. The number of benzene rings is 4. The molecule has 0 heterocycles. The first kappa shape index (κ1) is 28.0. The van der Waals surface area contributed by atoms with E-state index in [0.29, 0.717) is 23.3 Å². The minimum Gasteiger partial charge on any atom is -0.489 e. The molecular weight excluding hydrogens is 519 g/mol. The van der Waals surface area contributed by atoms with Gasteiger partial charge in [-0.2, -0.15) is 13.2 Å². The zero-order valence-corrected chi connectivity index (χ0v) is 21.2. The van der Waals surface area contributed by atoms with Gasteiger partial charge in [-0.05, 0) is 65.2 Å². The van der Waals surface area contributed by atoms with Crippen LogP contribution in [0.25, 0.3) is 0 Å². The van der Waals surface area contributed by atoms with Crippen LogP contribution in [0, 0.1) is 11.8 Å². The number of amides is 1. The van der Waals surface area contributed by atoms with E-state index in [0.717, 1.165) is 33.9 Å². The zero-order valence-electron chi connectivity index (χ0n) is 21.2. The van der Waals surface area contributed by atoms with Crippen molar-refractivity contribution < 1.29 is 32.6 Å². The van der Waals surface area contributed by atoms with Gasteiger partial charge in [0.2, 0.25) is 0 Å². The molecule has 0 aliphatic carbocycles. The second-order valence-corrected chi connectivity index (χ2v) is 8.91. The van der Waals surface area contributed by atoms with Crippen molar-refractivity contribution in [2.45, 2.75) is 25.9 Å². The van der Waals surface area contributed by atoms with Crippen LogP contribution >= 0.6 is 0 Å². The SMILES string of the molecule is O=C(O)C(=O)N(Cc1ccc(C#Cc2ccc(OCc3ccccc3)cc2)cc1)Cc1ccc(C(F)(F)F)cc1. The highest BCUT2D eigenvalue weighted by Gasteiger charge is 2.30. The first-order chi connectivity index (χ1) is 19.2. The van der Waals surface area contributed by atoms with E-state index < -0.39 is 23.6 Å². The number of hydrogen-bond donors (Lipinski definition) is 1. The Labute approximate surface area is 229 Å². The van der Waals surface area contributed by atoms with Gasteiger partial charge in [-0.1, -0.05) is 66.4 Å². The highest BCUT2D eigenvalue weighted by atomic mass is 19.4. The third-order valence-corrected chi connectivity index (χ3v) is 5.91. The molecule has 0 radical (unpaired) electrons. The molecule has 0 bridgehead atoms. The monoisotopic (exact) mass is 543 g/mol. The van der Waals surface area contributed by atoms with E-state index in [2.05, 4.69) is 11.8 Å². The molecule has 5 nitrogen and oxygen atoms in total. The van der Waals surface area contributed by atoms with E-state index in [9.17, 15) is 27.9 Å². The van der Waals surface area contributed by atoms with Crippen LogP contribution in [0.2, 0.25) is 0 Å². The maximum absolute atomic E-state index is 12.8. The number of carbonyl (C=O) groups is 2. The molecule has 1 N–H and O–H groups in total. The molecule has 4 rings (SSSR count). The lowest BCUT2D eigenvalue weighted by Crippen LogP contribution is -2.35. The van der Waals surface area contributed by atoms with Gasteiger partial charge in [-0.25, -0.2) is 4.79 Å². The molecule has 0 saturated heterocycles. The molecule has 4 aromatic rings. The van der Waals surface area contributed by atoms with Crippen molar-refractivity contribution in [1.82, 2.24) is 4.90 Å². The number of halogens is 3. The summed E-state index contributed by atoms with van der Waals surface area (Å²) in [5, 5.41) is 9.21. The van der Waals surface area contributed by atoms with Gasteiger partial charge >= 0.3 is 18.1 Å². The largest absolute Gasteiger partial charge is 0.489 e. The maximum atomic E-state index is 12.8. The number of hydrogen-bond acceptors (Lipinski definition) is 3. The molecular formula is C32H24F3NO4. The summed E-state index contributed by atoms with van der Waals surface area (Å²) in [6, 6.07) is 28.5. The zero-order chi connectivity index (χ0) is 28.5. The second-order valence-electron chi connectivity index (χ2n) is 8.91. The Morgan fingerprint density at radius 1 is 0.700 bits per heavy atom. The number of carbonyl (C=O) groups excluding carboxylic acids is 1. The van der Waals surface area contributed by atoms with Crippen LogP contribution in [-0.4, -0.2) is 21.9 Å². The average molecular weight is 544 g/mol. The molecule has 0 unspecified atom stereocenters. The van der Waals surface area contributed by atoms with Crippen molar-refractivity contribution in [2.75, 3.05) is 0 Å². The van der Waals surface area contributed by atoms with E-state index in [1.54, 1.807) is 24.3 Å². The van der Waals surface area contributed by atoms with Gasteiger partial charge in [0.25, 0.3) is 0 Å². The van der Waals surface area contributed by atoms with Crippen LogP contribution in [0.3, 0.4) is 0 Å². The van der Waals surface area contributed by atoms with Crippen LogP contribution < -0.4 is 4.74 Å². The van der Waals surface area contributed by atoms with Gasteiger partial charge in [-0.3, -0.25) is 4.79 Å². The predicted octanol–water partition coefficient (Wildman–Crippen LogP) is 6.30. The number of carboxylic acid groups (broad SMARTS) is 1. The van der Waals surface area contributed by atoms with Gasteiger partial charge in [0.1, 0.15) is 12.4 Å². The van der Waals surface area contributed by atoms with Gasteiger partial charge in [-0.15, -0.1) is 0 Å². The fourth-order valence-electron chi connectivity index (χ4n) is 3.79. The number of carboxylic acids is 1. The molecule has 0 spiro atoms. The topological polar surface area (TPSA) is 66.8 Å². The molecule has 0 aliphatic heterocycles. The van der Waals surface area contributed by atoms with Crippen molar-refractivity contribution in [3.05, 3.63) is 137 Å². The van der Waals surface area contributed by atoms with Crippen LogP contribution in [0.5, 0.6) is 5.75 Å². The summed E-state index contributed by atoms with van der Waals surface area (Å²) in [7, 11) is 0. The average Bonchev–Trinajstić information content (AvgIpc) is 2.96. The highest BCUT2D eigenvalue weighted by Crippen LogP contribution is 2.29. The Morgan fingerprint density at radius 3 is 1.70 bits per heavy atom. The lowest BCUT2D eigenvalue weighted by atomic mass is 10.1. The Bertz CT molecular complexity index is 1500. The number of ether oxygens (including phenoxy) is 1. The smallest absolute Gasteiger partial charge is 0.416 e. The van der Waals surface area contributed by atoms with Crippen molar-refractivity contribution >= 4 is 11.9 Å². The minimum atomic E-state index is -4.49. The first-order valence-corrected chi connectivity index (χ1v) is 12.2. The van der Waals surface area contributed by atoms with E-state index >= 15 is 0 Å². The highest BCUT2D eigenvalue weighted by molar-refractivity contribution is 6.31. The van der Waals surface area contributed by atoms with E-state index in [1.807, 2.05) is 54.6 Å². The van der Waals surface area contributed by atoms with Crippen LogP contribution in [-0.2, 0) is 35.5 Å². The molecule has 40 heavy (non-hydrogen) atoms. The van der Waals surface area contributed by atoms with Gasteiger partial charge in [0.15, 0.2) is 0 Å². The molecule has 0 aliphatic rings. The number of rotatable bonds is 7. The van der Waals surface area contributed by atoms with Gasteiger partial charge in [0, 0.05) is 24.2 Å². The predicted molar refractivity (Wildman–Crippen MR) is 143 cm³/mol. The lowest BCUT2D eigenvalue weighted by molar-refractivity contribution is -0.156. The van der Waals surface area contributed by atoms with E-state index in [-0.39, 0.29) is 13.1 Å². The summed E-state index contributed by atoms with van der Waals surface area (Å²) in [5.74, 6) is 4.07. The fraction of sp³-hybridized carbons (Fsp3) is 0.125. The molecule has 0 saturated carbocycles. The van der Waals surface area contributed by atoms with Crippen LogP contribution in [0.4, 0.5) is 13.2 Å². The minimum absolute atomic E-state index is 0.0374. The normalized spacial score (nSPS) is 10.8. The third kappa shape index (κ3) is 7.98. The van der Waals surface area contributed by atoms with Gasteiger partial charge in [0.05, 0.1) is 5.56 Å². The fourth-order valence-corrected chi connectivity index (χ4v) is 3.79. The number of nitrogens with zero attached hydrogens (tertiary/aromatic N) is 1. The van der Waals surface area contributed by atoms with E-state index in [1.165, 1.54) is 12.1 Å². The van der Waals surface area contributed by atoms with Crippen molar-refractivity contribution in [1.29, 1.82) is 0 Å². The Hall–Kier alpha value is -5.03. The number of aliphatic carboxylic acids is 1. The molecule has 4 aromatic carbocycles. The summed E-state index contributed by atoms with van der Waals surface area (Å²) in [5.41, 5.74) is 2.78. The van der Waals surface area contributed by atoms with E-state index in [4.69, 9.17) is 4.74 Å².